The summed E-state index contributed by atoms with van der Waals surface area (Å²) in [6.45, 7) is 3.17. The lowest BCUT2D eigenvalue weighted by atomic mass is 10.2. The van der Waals surface area contributed by atoms with E-state index in [1.165, 1.54) is 0 Å². The highest BCUT2D eigenvalue weighted by atomic mass is 32.2. The summed E-state index contributed by atoms with van der Waals surface area (Å²) in [4.78, 5) is 0. The molecule has 1 heterocycles. The van der Waals surface area contributed by atoms with Gasteiger partial charge in [0.25, 0.3) is 0 Å². The zero-order valence-corrected chi connectivity index (χ0v) is 7.73. The van der Waals surface area contributed by atoms with E-state index >= 15 is 0 Å². The smallest absolute Gasteiger partial charge is 0.156 e. The molecule has 0 unspecified atom stereocenters. The fraction of sp³-hybridized carbons (Fsp3) is 1.00. The molecular formula is C7H16NO2S+. The molecule has 1 saturated heterocycles. The van der Waals surface area contributed by atoms with Gasteiger partial charge >= 0.3 is 0 Å². The maximum absolute atomic E-state index is 11.0. The van der Waals surface area contributed by atoms with Crippen LogP contribution in [0.4, 0.5) is 0 Å². The first-order valence-corrected chi connectivity index (χ1v) is 6.00. The third kappa shape index (κ3) is 2.79. The standard InChI is InChI=1S/C7H15NO2S/c1-2-4-8-7-3-5-11(9,10)6-7/h7-8H,2-6H2,1H3/p+1/t7-/m1/s1. The van der Waals surface area contributed by atoms with Gasteiger partial charge in [-0.25, -0.2) is 8.42 Å². The Balaban J connectivity index is 2.31. The Morgan fingerprint density at radius 3 is 2.73 bits per heavy atom. The van der Waals surface area contributed by atoms with Gasteiger partial charge < -0.3 is 5.32 Å². The Kier molecular flexibility index (Phi) is 2.90. The van der Waals surface area contributed by atoms with Crippen LogP contribution in [0, 0.1) is 0 Å². The molecule has 2 N–H and O–H groups in total. The summed E-state index contributed by atoms with van der Waals surface area (Å²) < 4.78 is 22.0. The van der Waals surface area contributed by atoms with Crippen molar-refractivity contribution in [3.05, 3.63) is 0 Å². The first-order chi connectivity index (χ1) is 5.14. The normalized spacial score (nSPS) is 29.0. The van der Waals surface area contributed by atoms with Crippen molar-refractivity contribution < 1.29 is 13.7 Å². The monoisotopic (exact) mass is 178 g/mol. The zero-order valence-electron chi connectivity index (χ0n) is 6.91. The number of rotatable bonds is 3. The van der Waals surface area contributed by atoms with Crippen LogP contribution in [-0.4, -0.2) is 32.5 Å². The van der Waals surface area contributed by atoms with Crippen LogP contribution < -0.4 is 5.32 Å². The van der Waals surface area contributed by atoms with E-state index in [1.807, 2.05) is 0 Å². The lowest BCUT2D eigenvalue weighted by molar-refractivity contribution is -0.684. The van der Waals surface area contributed by atoms with Crippen LogP contribution in [0.15, 0.2) is 0 Å². The van der Waals surface area contributed by atoms with Crippen molar-refractivity contribution >= 4 is 9.84 Å². The first-order valence-electron chi connectivity index (χ1n) is 4.18. The van der Waals surface area contributed by atoms with E-state index in [1.54, 1.807) is 0 Å². The molecule has 1 aliphatic heterocycles. The van der Waals surface area contributed by atoms with Crippen molar-refractivity contribution in [2.45, 2.75) is 25.8 Å². The van der Waals surface area contributed by atoms with E-state index in [4.69, 9.17) is 0 Å². The molecule has 4 heteroatoms. The maximum Gasteiger partial charge on any atom is 0.156 e. The minimum atomic E-state index is -2.66. The average molecular weight is 178 g/mol. The van der Waals surface area contributed by atoms with Crippen molar-refractivity contribution in [1.82, 2.24) is 0 Å². The Hall–Kier alpha value is -0.0900. The van der Waals surface area contributed by atoms with Gasteiger partial charge in [0, 0.05) is 6.42 Å². The predicted molar refractivity (Wildman–Crippen MR) is 44.1 cm³/mol. The van der Waals surface area contributed by atoms with Crippen molar-refractivity contribution in [3.63, 3.8) is 0 Å². The Labute approximate surface area is 68.1 Å². The Morgan fingerprint density at radius 2 is 2.27 bits per heavy atom. The fourth-order valence-electron chi connectivity index (χ4n) is 1.41. The minimum Gasteiger partial charge on any atom is -0.343 e. The van der Waals surface area contributed by atoms with Crippen molar-refractivity contribution in [2.24, 2.45) is 0 Å². The van der Waals surface area contributed by atoms with Gasteiger partial charge in [0.05, 0.1) is 12.3 Å². The predicted octanol–water partition coefficient (Wildman–Crippen LogP) is -0.853. The lowest BCUT2D eigenvalue weighted by Crippen LogP contribution is -2.90. The molecule has 1 atom stereocenters. The largest absolute Gasteiger partial charge is 0.343 e. The summed E-state index contributed by atoms with van der Waals surface area (Å²) in [5.41, 5.74) is 0. The van der Waals surface area contributed by atoms with E-state index in [2.05, 4.69) is 12.2 Å². The molecule has 0 aromatic carbocycles. The second kappa shape index (κ2) is 3.54. The summed E-state index contributed by atoms with van der Waals surface area (Å²) in [6, 6.07) is 0.347. The van der Waals surface area contributed by atoms with E-state index < -0.39 is 9.84 Å². The minimum absolute atomic E-state index is 0.347. The molecule has 11 heavy (non-hydrogen) atoms. The summed E-state index contributed by atoms with van der Waals surface area (Å²) in [5, 5.41) is 2.16. The van der Waals surface area contributed by atoms with E-state index in [-0.39, 0.29) is 0 Å². The van der Waals surface area contributed by atoms with Gasteiger partial charge in [0.15, 0.2) is 9.84 Å². The van der Waals surface area contributed by atoms with Crippen LogP contribution in [-0.2, 0) is 9.84 Å². The topological polar surface area (TPSA) is 50.8 Å². The fourth-order valence-corrected chi connectivity index (χ4v) is 3.20. The van der Waals surface area contributed by atoms with E-state index in [0.29, 0.717) is 17.5 Å². The summed E-state index contributed by atoms with van der Waals surface area (Å²) >= 11 is 0. The maximum atomic E-state index is 11.0. The molecule has 0 radical (unpaired) electrons. The van der Waals surface area contributed by atoms with Crippen molar-refractivity contribution in [3.8, 4) is 0 Å². The van der Waals surface area contributed by atoms with Crippen LogP contribution in [0.2, 0.25) is 0 Å². The third-order valence-corrected chi connectivity index (χ3v) is 3.85. The Morgan fingerprint density at radius 1 is 1.55 bits per heavy atom. The molecule has 0 aromatic heterocycles. The van der Waals surface area contributed by atoms with Crippen molar-refractivity contribution in [1.29, 1.82) is 0 Å². The molecule has 0 aromatic rings. The molecule has 0 amide bonds. The molecular weight excluding hydrogens is 162 g/mol. The van der Waals surface area contributed by atoms with Gasteiger partial charge in [-0.15, -0.1) is 0 Å². The van der Waals surface area contributed by atoms with Gasteiger partial charge in [-0.2, -0.15) is 0 Å². The highest BCUT2D eigenvalue weighted by molar-refractivity contribution is 7.91. The van der Waals surface area contributed by atoms with Gasteiger partial charge in [0.1, 0.15) is 11.8 Å². The third-order valence-electron chi connectivity index (χ3n) is 2.06. The van der Waals surface area contributed by atoms with Crippen LogP contribution in [0.3, 0.4) is 0 Å². The van der Waals surface area contributed by atoms with Crippen molar-refractivity contribution in [2.75, 3.05) is 18.1 Å². The van der Waals surface area contributed by atoms with Gasteiger partial charge in [-0.05, 0) is 6.42 Å². The summed E-state index contributed by atoms with van der Waals surface area (Å²) in [6.07, 6.45) is 1.97. The summed E-state index contributed by atoms with van der Waals surface area (Å²) in [5.74, 6) is 0.797. The molecule has 1 aliphatic rings. The van der Waals surface area contributed by atoms with E-state index in [9.17, 15) is 8.42 Å². The highest BCUT2D eigenvalue weighted by Gasteiger charge is 2.29. The lowest BCUT2D eigenvalue weighted by Gasteiger charge is -2.04. The Bertz CT molecular complexity index is 210. The summed E-state index contributed by atoms with van der Waals surface area (Å²) in [7, 11) is -2.66. The van der Waals surface area contributed by atoms with E-state index in [0.717, 1.165) is 19.4 Å². The molecule has 1 fully saturated rings. The number of hydrogen-bond acceptors (Lipinski definition) is 2. The van der Waals surface area contributed by atoms with Gasteiger partial charge in [-0.3, -0.25) is 0 Å². The molecule has 0 spiro atoms. The molecule has 3 nitrogen and oxygen atoms in total. The van der Waals surface area contributed by atoms with Crippen LogP contribution in [0.25, 0.3) is 0 Å². The SMILES string of the molecule is CCC[NH2+][C@@H]1CCS(=O)(=O)C1. The van der Waals surface area contributed by atoms with Crippen LogP contribution >= 0.6 is 0 Å². The molecule has 1 rings (SSSR count). The van der Waals surface area contributed by atoms with Crippen LogP contribution in [0.5, 0.6) is 0 Å². The van der Waals surface area contributed by atoms with Crippen LogP contribution in [0.1, 0.15) is 19.8 Å². The van der Waals surface area contributed by atoms with Gasteiger partial charge in [-0.1, -0.05) is 6.92 Å². The second-order valence-electron chi connectivity index (χ2n) is 3.19. The number of quaternary nitrogens is 1. The first kappa shape index (κ1) is 9.00. The average Bonchev–Trinajstić information content (AvgIpc) is 2.26. The number of sulfone groups is 1. The molecule has 0 aliphatic carbocycles. The van der Waals surface area contributed by atoms with Gasteiger partial charge in [0.2, 0.25) is 0 Å². The quantitative estimate of drug-likeness (QED) is 0.612. The number of nitrogens with two attached hydrogens (primary N) is 1. The zero-order chi connectivity index (χ0) is 8.32. The molecule has 66 valence electrons. The molecule has 0 saturated carbocycles. The number of hydrogen-bond donors (Lipinski definition) is 1. The highest BCUT2D eigenvalue weighted by Crippen LogP contribution is 2.07. The molecule has 0 bridgehead atoms. The second-order valence-corrected chi connectivity index (χ2v) is 5.42.